The van der Waals surface area contributed by atoms with Gasteiger partial charge in [-0.15, -0.1) is 0 Å². The Morgan fingerprint density at radius 2 is 2.25 bits per heavy atom. The van der Waals surface area contributed by atoms with E-state index in [9.17, 15) is 13.2 Å². The molecule has 1 saturated heterocycles. The number of rotatable bonds is 4. The van der Waals surface area contributed by atoms with Gasteiger partial charge >= 0.3 is 6.18 Å². The van der Waals surface area contributed by atoms with Crippen LogP contribution in [-0.4, -0.2) is 30.7 Å². The van der Waals surface area contributed by atoms with Crippen LogP contribution in [0.3, 0.4) is 0 Å². The predicted octanol–water partition coefficient (Wildman–Crippen LogP) is 3.44. The summed E-state index contributed by atoms with van der Waals surface area (Å²) in [6.45, 7) is 3.82. The minimum Gasteiger partial charge on any atom is -0.355 e. The lowest BCUT2D eigenvalue weighted by atomic mass is 10.2. The number of hydrogen-bond donors (Lipinski definition) is 1. The summed E-state index contributed by atoms with van der Waals surface area (Å²) < 4.78 is 39.7. The van der Waals surface area contributed by atoms with Crippen LogP contribution in [0.5, 0.6) is 0 Å². The predicted molar refractivity (Wildman–Crippen MR) is 75.9 cm³/mol. The van der Waals surface area contributed by atoms with E-state index in [0.29, 0.717) is 17.6 Å². The number of anilines is 1. The molecule has 1 fully saturated rings. The van der Waals surface area contributed by atoms with Gasteiger partial charge in [-0.25, -0.2) is 4.98 Å². The van der Waals surface area contributed by atoms with Crippen molar-refractivity contribution in [1.29, 1.82) is 0 Å². The fraction of sp³-hybridized carbons (Fsp3) is 0.615. The molecule has 1 N–H and O–H groups in total. The smallest absolute Gasteiger partial charge is 0.355 e. The summed E-state index contributed by atoms with van der Waals surface area (Å²) in [6.07, 6.45) is -0.922. The zero-order valence-corrected chi connectivity index (χ0v) is 12.8. The van der Waals surface area contributed by atoms with Crippen LogP contribution >= 0.6 is 15.9 Å². The molecule has 0 saturated carbocycles. The lowest BCUT2D eigenvalue weighted by Gasteiger charge is -2.28. The van der Waals surface area contributed by atoms with Crippen LogP contribution in [0.4, 0.5) is 19.0 Å². The largest absolute Gasteiger partial charge is 0.419 e. The average molecular weight is 352 g/mol. The molecule has 20 heavy (non-hydrogen) atoms. The van der Waals surface area contributed by atoms with Crippen LogP contribution < -0.4 is 10.2 Å². The lowest BCUT2D eigenvalue weighted by molar-refractivity contribution is -0.137. The Bertz CT molecular complexity index is 459. The zero-order chi connectivity index (χ0) is 14.8. The Labute approximate surface area is 124 Å². The van der Waals surface area contributed by atoms with Crippen molar-refractivity contribution in [3.63, 3.8) is 0 Å². The van der Waals surface area contributed by atoms with Crippen LogP contribution in [-0.2, 0) is 6.18 Å². The molecule has 0 aliphatic carbocycles. The van der Waals surface area contributed by atoms with E-state index in [-0.39, 0.29) is 11.9 Å². The molecule has 1 aliphatic heterocycles. The third-order valence-electron chi connectivity index (χ3n) is 3.42. The molecule has 0 amide bonds. The number of alkyl halides is 3. The van der Waals surface area contributed by atoms with E-state index in [0.717, 1.165) is 25.5 Å². The van der Waals surface area contributed by atoms with Crippen molar-refractivity contribution in [1.82, 2.24) is 10.3 Å². The quantitative estimate of drug-likeness (QED) is 0.900. The Kier molecular flexibility index (Phi) is 4.90. The molecule has 1 atom stereocenters. The molecule has 0 radical (unpaired) electrons. The molecule has 2 heterocycles. The van der Waals surface area contributed by atoms with Gasteiger partial charge < -0.3 is 10.2 Å². The number of pyridine rings is 1. The summed E-state index contributed by atoms with van der Waals surface area (Å²) in [5.74, 6) is 0.0110. The van der Waals surface area contributed by atoms with Crippen LogP contribution in [0, 0.1) is 0 Å². The number of halogens is 4. The van der Waals surface area contributed by atoms with Crippen molar-refractivity contribution < 1.29 is 13.2 Å². The van der Waals surface area contributed by atoms with E-state index in [1.807, 2.05) is 6.92 Å². The summed E-state index contributed by atoms with van der Waals surface area (Å²) in [7, 11) is 0. The van der Waals surface area contributed by atoms with Crippen LogP contribution in [0.25, 0.3) is 0 Å². The van der Waals surface area contributed by atoms with Gasteiger partial charge in [-0.1, -0.05) is 0 Å². The summed E-state index contributed by atoms with van der Waals surface area (Å²) in [5, 5.41) is 3.30. The molecule has 0 aromatic carbocycles. The molecule has 2 rings (SSSR count). The van der Waals surface area contributed by atoms with Crippen LogP contribution in [0.15, 0.2) is 16.7 Å². The zero-order valence-electron chi connectivity index (χ0n) is 11.2. The maximum atomic E-state index is 13.1. The summed E-state index contributed by atoms with van der Waals surface area (Å²) in [4.78, 5) is 5.68. The van der Waals surface area contributed by atoms with Gasteiger partial charge in [-0.2, -0.15) is 13.2 Å². The third kappa shape index (κ3) is 3.63. The Morgan fingerprint density at radius 3 is 2.80 bits per heavy atom. The Balaban J connectivity index is 2.28. The molecule has 1 aliphatic rings. The highest BCUT2D eigenvalue weighted by Crippen LogP contribution is 2.37. The number of nitrogens with one attached hydrogen (secondary N) is 1. The molecule has 112 valence electrons. The minimum absolute atomic E-state index is 0.0110. The SMILES string of the molecule is CCN(CC1CCCN1)c1ncc(Br)cc1C(F)(F)F. The van der Waals surface area contributed by atoms with E-state index in [4.69, 9.17) is 0 Å². The highest BCUT2D eigenvalue weighted by atomic mass is 79.9. The minimum atomic E-state index is -4.40. The Hall–Kier alpha value is -0.820. The summed E-state index contributed by atoms with van der Waals surface area (Å²) >= 11 is 3.05. The first-order chi connectivity index (χ1) is 9.41. The molecule has 7 heteroatoms. The second-order valence-electron chi connectivity index (χ2n) is 4.85. The van der Waals surface area contributed by atoms with Crippen molar-refractivity contribution in [3.05, 3.63) is 22.3 Å². The van der Waals surface area contributed by atoms with Crippen molar-refractivity contribution in [2.24, 2.45) is 0 Å². The normalized spacial score (nSPS) is 19.4. The molecule has 3 nitrogen and oxygen atoms in total. The van der Waals surface area contributed by atoms with Gasteiger partial charge in [-0.05, 0) is 48.3 Å². The van der Waals surface area contributed by atoms with E-state index >= 15 is 0 Å². The van der Waals surface area contributed by atoms with E-state index in [1.165, 1.54) is 6.20 Å². The van der Waals surface area contributed by atoms with Gasteiger partial charge in [0.15, 0.2) is 0 Å². The second-order valence-corrected chi connectivity index (χ2v) is 5.77. The fourth-order valence-electron chi connectivity index (χ4n) is 2.44. The molecule has 1 aromatic rings. The number of likely N-dealkylation sites (N-methyl/N-ethyl adjacent to an activating group) is 1. The molecule has 0 spiro atoms. The maximum absolute atomic E-state index is 13.1. The summed E-state index contributed by atoms with van der Waals surface area (Å²) in [6, 6.07) is 1.33. The van der Waals surface area contributed by atoms with Crippen molar-refractivity contribution in [2.75, 3.05) is 24.5 Å². The van der Waals surface area contributed by atoms with Crippen LogP contribution in [0.2, 0.25) is 0 Å². The van der Waals surface area contributed by atoms with Gasteiger partial charge in [0.25, 0.3) is 0 Å². The number of aromatic nitrogens is 1. The monoisotopic (exact) mass is 351 g/mol. The number of nitrogens with zero attached hydrogens (tertiary/aromatic N) is 2. The first kappa shape index (κ1) is 15.6. The van der Waals surface area contributed by atoms with Gasteiger partial charge in [0, 0.05) is 29.8 Å². The van der Waals surface area contributed by atoms with Gasteiger partial charge in [-0.3, -0.25) is 0 Å². The van der Waals surface area contributed by atoms with Crippen LogP contribution in [0.1, 0.15) is 25.3 Å². The molecule has 1 unspecified atom stereocenters. The number of hydrogen-bond acceptors (Lipinski definition) is 3. The van der Waals surface area contributed by atoms with E-state index in [1.54, 1.807) is 4.90 Å². The third-order valence-corrected chi connectivity index (χ3v) is 3.86. The van der Waals surface area contributed by atoms with Crippen molar-refractivity contribution in [3.8, 4) is 0 Å². The Morgan fingerprint density at radius 1 is 1.50 bits per heavy atom. The van der Waals surface area contributed by atoms with Crippen molar-refractivity contribution >= 4 is 21.7 Å². The van der Waals surface area contributed by atoms with Gasteiger partial charge in [0.1, 0.15) is 5.82 Å². The molecule has 0 bridgehead atoms. The summed E-state index contributed by atoms with van der Waals surface area (Å²) in [5.41, 5.74) is -0.688. The maximum Gasteiger partial charge on any atom is 0.419 e. The average Bonchev–Trinajstić information content (AvgIpc) is 2.88. The van der Waals surface area contributed by atoms with Gasteiger partial charge in [0.05, 0.1) is 5.56 Å². The highest BCUT2D eigenvalue weighted by Gasteiger charge is 2.36. The molecular weight excluding hydrogens is 335 g/mol. The van der Waals surface area contributed by atoms with E-state index < -0.39 is 11.7 Å². The van der Waals surface area contributed by atoms with Gasteiger partial charge in [0.2, 0.25) is 0 Å². The first-order valence-electron chi connectivity index (χ1n) is 6.63. The fourth-order valence-corrected chi connectivity index (χ4v) is 2.77. The van der Waals surface area contributed by atoms with E-state index in [2.05, 4.69) is 26.2 Å². The first-order valence-corrected chi connectivity index (χ1v) is 7.42. The second kappa shape index (κ2) is 6.30. The lowest BCUT2D eigenvalue weighted by Crippen LogP contribution is -2.38. The van der Waals surface area contributed by atoms with Crippen molar-refractivity contribution in [2.45, 2.75) is 32.0 Å². The highest BCUT2D eigenvalue weighted by molar-refractivity contribution is 9.10. The molecule has 1 aromatic heterocycles. The standard InChI is InChI=1S/C13H17BrF3N3/c1-2-20(8-10-4-3-5-18-10)12-11(13(15,16)17)6-9(14)7-19-12/h6-7,10,18H,2-5,8H2,1H3. The molecular formula is C13H17BrF3N3. The topological polar surface area (TPSA) is 28.2 Å².